The van der Waals surface area contributed by atoms with Gasteiger partial charge < -0.3 is 40.1 Å². The number of thioether (sulfide) groups is 1. The highest BCUT2D eigenvalue weighted by atomic mass is 32.2. The minimum absolute atomic E-state index is 0.0278. The van der Waals surface area contributed by atoms with Crippen LogP contribution in [-0.4, -0.2) is 108 Å². The fourth-order valence-electron chi connectivity index (χ4n) is 1.29. The second-order valence-electron chi connectivity index (χ2n) is 5.09. The van der Waals surface area contributed by atoms with Crippen molar-refractivity contribution in [3.63, 3.8) is 0 Å². The van der Waals surface area contributed by atoms with Crippen LogP contribution >= 0.6 is 11.8 Å². The molecule has 0 fully saturated rings. The lowest BCUT2D eigenvalue weighted by atomic mass is 9.88. The predicted octanol–water partition coefficient (Wildman–Crippen LogP) is -0.738. The van der Waals surface area contributed by atoms with E-state index in [1.54, 1.807) is 17.8 Å². The maximum atomic E-state index is 9.01. The lowest BCUT2D eigenvalue weighted by Crippen LogP contribution is -2.34. The topological polar surface area (TPSA) is 140 Å². The first-order chi connectivity index (χ1) is 12.6. The largest absolute Gasteiger partial charge is 0.396 e. The zero-order valence-electron chi connectivity index (χ0n) is 15.9. The van der Waals surface area contributed by atoms with E-state index in [-0.39, 0.29) is 39.6 Å². The first kappa shape index (κ1) is 30.5. The molecule has 0 unspecified atom stereocenters. The third kappa shape index (κ3) is 23.8. The predicted molar refractivity (Wildman–Crippen MR) is 104 cm³/mol. The van der Waals surface area contributed by atoms with Gasteiger partial charge in [0.1, 0.15) is 0 Å². The molecule has 0 aliphatic heterocycles. The molecule has 9 heteroatoms. The Morgan fingerprint density at radius 1 is 0.846 bits per heavy atom. The van der Waals surface area contributed by atoms with Gasteiger partial charge in [-0.15, -0.1) is 6.58 Å². The number of hydrogen-bond donors (Lipinski definition) is 6. The van der Waals surface area contributed by atoms with Gasteiger partial charge in [0, 0.05) is 16.9 Å². The third-order valence-electron chi connectivity index (χ3n) is 3.01. The van der Waals surface area contributed by atoms with E-state index in [1.807, 2.05) is 6.92 Å². The molecule has 0 saturated carbocycles. The van der Waals surface area contributed by atoms with Gasteiger partial charge in [-0.1, -0.05) is 13.0 Å². The number of aliphatic hydroxyl groups is 6. The Balaban J connectivity index is -0.000000326. The lowest BCUT2D eigenvalue weighted by Gasteiger charge is -2.27. The van der Waals surface area contributed by atoms with Crippen LogP contribution in [0.3, 0.4) is 0 Å². The summed E-state index contributed by atoms with van der Waals surface area (Å²) in [5, 5.41) is 50.6. The van der Waals surface area contributed by atoms with Gasteiger partial charge in [-0.25, -0.2) is 0 Å². The van der Waals surface area contributed by atoms with Crippen molar-refractivity contribution in [3.05, 3.63) is 12.7 Å². The number of rotatable bonds is 15. The molecular weight excluding hydrogens is 364 g/mol. The first-order valence-electron chi connectivity index (χ1n) is 8.57. The van der Waals surface area contributed by atoms with Crippen LogP contribution in [0, 0.1) is 5.41 Å². The van der Waals surface area contributed by atoms with Crippen molar-refractivity contribution in [1.82, 2.24) is 0 Å². The highest BCUT2D eigenvalue weighted by molar-refractivity contribution is 7.99. The molecular formula is C17H38O8S. The van der Waals surface area contributed by atoms with E-state index in [2.05, 4.69) is 11.3 Å². The third-order valence-corrected chi connectivity index (χ3v) is 3.95. The summed E-state index contributed by atoms with van der Waals surface area (Å²) in [6.45, 7) is 7.30. The molecule has 8 nitrogen and oxygen atoms in total. The summed E-state index contributed by atoms with van der Waals surface area (Å²) in [7, 11) is 0. The van der Waals surface area contributed by atoms with Crippen LogP contribution in [0.2, 0.25) is 0 Å². The van der Waals surface area contributed by atoms with E-state index in [0.29, 0.717) is 32.8 Å². The summed E-state index contributed by atoms with van der Waals surface area (Å²) in [6, 6.07) is 0. The Bertz CT molecular complexity index is 227. The van der Waals surface area contributed by atoms with Crippen molar-refractivity contribution >= 4 is 11.8 Å². The lowest BCUT2D eigenvalue weighted by molar-refractivity contribution is -0.0227. The fourth-order valence-corrected chi connectivity index (χ4v) is 1.75. The molecule has 0 aliphatic rings. The quantitative estimate of drug-likeness (QED) is 0.154. The minimum Gasteiger partial charge on any atom is -0.396 e. The summed E-state index contributed by atoms with van der Waals surface area (Å²) in [5.74, 6) is 1.47. The van der Waals surface area contributed by atoms with Crippen LogP contribution in [0.4, 0.5) is 0 Å². The standard InChI is InChI=1S/C9H18O3.C4H10O3.C4H10O2S/c1-3-5-12-8-9(4-2,6-10)7-11;2*5-1-3-7-4-2-6/h3,10-11H,1,4-8H2,2H3;2*5-6H,1-4H2. The van der Waals surface area contributed by atoms with Crippen LogP contribution in [0.25, 0.3) is 0 Å². The molecule has 0 aromatic carbocycles. The maximum Gasteiger partial charge on any atom is 0.0698 e. The Morgan fingerprint density at radius 3 is 1.65 bits per heavy atom. The number of ether oxygens (including phenoxy) is 2. The molecule has 0 spiro atoms. The summed E-state index contributed by atoms with van der Waals surface area (Å²) in [6.07, 6.45) is 2.35. The summed E-state index contributed by atoms with van der Waals surface area (Å²) in [5.41, 5.74) is -0.483. The molecule has 0 amide bonds. The van der Waals surface area contributed by atoms with Crippen LogP contribution in [0.15, 0.2) is 12.7 Å². The van der Waals surface area contributed by atoms with Crippen molar-refractivity contribution in [2.24, 2.45) is 5.41 Å². The summed E-state index contributed by atoms with van der Waals surface area (Å²) < 4.78 is 9.81. The van der Waals surface area contributed by atoms with Crippen molar-refractivity contribution in [3.8, 4) is 0 Å². The van der Waals surface area contributed by atoms with Gasteiger partial charge in [-0.05, 0) is 6.42 Å². The van der Waals surface area contributed by atoms with Gasteiger partial charge in [0.15, 0.2) is 0 Å². The summed E-state index contributed by atoms with van der Waals surface area (Å²) >= 11 is 1.55. The second kappa shape index (κ2) is 27.0. The molecule has 0 aromatic rings. The van der Waals surface area contributed by atoms with E-state index >= 15 is 0 Å². The van der Waals surface area contributed by atoms with Gasteiger partial charge in [0.05, 0.1) is 66.1 Å². The molecule has 0 rings (SSSR count). The molecule has 160 valence electrons. The van der Waals surface area contributed by atoms with Crippen LogP contribution in [0.5, 0.6) is 0 Å². The Morgan fingerprint density at radius 2 is 1.35 bits per heavy atom. The fraction of sp³-hybridized carbons (Fsp3) is 0.882. The Labute approximate surface area is 161 Å². The van der Waals surface area contributed by atoms with Gasteiger partial charge >= 0.3 is 0 Å². The molecule has 0 radical (unpaired) electrons. The van der Waals surface area contributed by atoms with E-state index in [4.69, 9.17) is 35.4 Å². The van der Waals surface area contributed by atoms with Gasteiger partial charge in [-0.3, -0.25) is 0 Å². The molecule has 0 aromatic heterocycles. The highest BCUT2D eigenvalue weighted by Crippen LogP contribution is 2.20. The van der Waals surface area contributed by atoms with Crippen LogP contribution in [-0.2, 0) is 9.47 Å². The molecule has 0 aliphatic carbocycles. The van der Waals surface area contributed by atoms with Crippen molar-refractivity contribution < 1.29 is 40.1 Å². The van der Waals surface area contributed by atoms with Crippen molar-refractivity contribution in [1.29, 1.82) is 0 Å². The van der Waals surface area contributed by atoms with Crippen LogP contribution < -0.4 is 0 Å². The average Bonchev–Trinajstić information content (AvgIpc) is 2.68. The molecule has 6 N–H and O–H groups in total. The van der Waals surface area contributed by atoms with Gasteiger partial charge in [0.2, 0.25) is 0 Å². The SMILES string of the molecule is C=CCOCC(CC)(CO)CO.OCCOCCO.OCCSCCO. The average molecular weight is 403 g/mol. The van der Waals surface area contributed by atoms with E-state index < -0.39 is 5.41 Å². The Kier molecular flexibility index (Phi) is 31.7. The maximum absolute atomic E-state index is 9.01. The monoisotopic (exact) mass is 402 g/mol. The van der Waals surface area contributed by atoms with E-state index in [0.717, 1.165) is 11.5 Å². The van der Waals surface area contributed by atoms with Crippen molar-refractivity contribution in [2.75, 3.05) is 77.6 Å². The number of aliphatic hydroxyl groups excluding tert-OH is 6. The molecule has 0 bridgehead atoms. The molecule has 26 heavy (non-hydrogen) atoms. The molecule has 0 atom stereocenters. The number of hydrogen-bond acceptors (Lipinski definition) is 9. The smallest absolute Gasteiger partial charge is 0.0698 e. The minimum atomic E-state index is -0.483. The van der Waals surface area contributed by atoms with Crippen molar-refractivity contribution in [2.45, 2.75) is 13.3 Å². The molecule has 0 saturated heterocycles. The summed E-state index contributed by atoms with van der Waals surface area (Å²) in [4.78, 5) is 0. The normalized spacial score (nSPS) is 10.4. The van der Waals surface area contributed by atoms with Gasteiger partial charge in [-0.2, -0.15) is 11.8 Å². The zero-order valence-corrected chi connectivity index (χ0v) is 16.7. The van der Waals surface area contributed by atoms with E-state index in [1.165, 1.54) is 0 Å². The highest BCUT2D eigenvalue weighted by Gasteiger charge is 2.26. The van der Waals surface area contributed by atoms with Gasteiger partial charge in [0.25, 0.3) is 0 Å². The zero-order chi connectivity index (χ0) is 20.5. The second-order valence-corrected chi connectivity index (χ2v) is 6.32. The molecule has 0 heterocycles. The van der Waals surface area contributed by atoms with E-state index in [9.17, 15) is 0 Å². The first-order valence-corrected chi connectivity index (χ1v) is 9.72. The Hall–Kier alpha value is -0.230. The van der Waals surface area contributed by atoms with Crippen LogP contribution in [0.1, 0.15) is 13.3 Å².